The molecule has 0 unspecified atom stereocenters. The maximum Gasteiger partial charge on any atom is 0.387 e. The fourth-order valence-electron chi connectivity index (χ4n) is 6.39. The maximum atomic E-state index is 14.7. The van der Waals surface area contributed by atoms with Crippen LogP contribution in [0.5, 0.6) is 5.75 Å². The van der Waals surface area contributed by atoms with Gasteiger partial charge in [-0.15, -0.1) is 0 Å². The molecule has 0 radical (unpaired) electrons. The largest absolute Gasteiger partial charge is 0.432 e. The molecule has 3 amide bonds. The van der Waals surface area contributed by atoms with Crippen LogP contribution in [0.15, 0.2) is 36.5 Å². The van der Waals surface area contributed by atoms with Crippen LogP contribution in [0.2, 0.25) is 5.02 Å². The molecule has 49 heavy (non-hydrogen) atoms. The van der Waals surface area contributed by atoms with Crippen molar-refractivity contribution in [2.75, 3.05) is 57.7 Å². The van der Waals surface area contributed by atoms with Gasteiger partial charge in [-0.2, -0.15) is 13.2 Å². The number of ether oxygens (including phenoxy) is 1. The highest BCUT2D eigenvalue weighted by atomic mass is 35.5. The van der Waals surface area contributed by atoms with E-state index in [2.05, 4.69) is 20.4 Å². The van der Waals surface area contributed by atoms with Gasteiger partial charge in [-0.25, -0.2) is 9.37 Å². The van der Waals surface area contributed by atoms with Crippen LogP contribution in [-0.2, 0) is 23.2 Å². The minimum atomic E-state index is -3.29. The third-order valence-electron chi connectivity index (χ3n) is 9.44. The van der Waals surface area contributed by atoms with Crippen LogP contribution in [0.25, 0.3) is 11.3 Å². The Labute approximate surface area is 285 Å². The molecule has 0 spiro atoms. The van der Waals surface area contributed by atoms with E-state index in [0.29, 0.717) is 69.2 Å². The second kappa shape index (κ2) is 14.6. The number of aromatic nitrogens is 2. The van der Waals surface area contributed by atoms with Crippen molar-refractivity contribution in [3.8, 4) is 17.0 Å². The lowest BCUT2D eigenvalue weighted by atomic mass is 9.93. The average molecular weight is 706 g/mol. The van der Waals surface area contributed by atoms with E-state index < -0.39 is 24.0 Å². The molecule has 4 heterocycles. The molecule has 0 bridgehead atoms. The summed E-state index contributed by atoms with van der Waals surface area (Å²) in [6.07, 6.45) is 2.63. The number of hydrogen-bond donors (Lipinski definition) is 2. The van der Waals surface area contributed by atoms with E-state index in [0.717, 1.165) is 25.2 Å². The normalized spacial score (nSPS) is 17.3. The summed E-state index contributed by atoms with van der Waals surface area (Å²) in [5.74, 6) is -3.36. The van der Waals surface area contributed by atoms with Gasteiger partial charge in [0.1, 0.15) is 5.82 Å². The lowest BCUT2D eigenvalue weighted by Gasteiger charge is -2.40. The van der Waals surface area contributed by atoms with Crippen LogP contribution in [-0.4, -0.2) is 101 Å². The molecule has 2 aromatic carbocycles. The van der Waals surface area contributed by atoms with E-state index in [4.69, 9.17) is 11.6 Å². The molecule has 3 saturated heterocycles. The van der Waals surface area contributed by atoms with Gasteiger partial charge in [-0.1, -0.05) is 11.6 Å². The Morgan fingerprint density at radius 1 is 0.939 bits per heavy atom. The Hall–Kier alpha value is -4.37. The molecular formula is C33H36ClF4N7O4. The van der Waals surface area contributed by atoms with Crippen molar-refractivity contribution in [2.45, 2.75) is 26.0 Å². The molecule has 11 nitrogen and oxygen atoms in total. The number of piperidine rings is 1. The minimum Gasteiger partial charge on any atom is -0.432 e. The molecule has 0 saturated carbocycles. The molecule has 262 valence electrons. The number of rotatable bonds is 9. The van der Waals surface area contributed by atoms with Crippen molar-refractivity contribution in [2.24, 2.45) is 18.9 Å². The molecule has 0 atom stereocenters. The highest BCUT2D eigenvalue weighted by molar-refractivity contribution is 6.34. The number of imidazole rings is 1. The number of carbonyl (C=O) groups excluding carboxylic acids is 3. The van der Waals surface area contributed by atoms with Gasteiger partial charge < -0.3 is 34.6 Å². The summed E-state index contributed by atoms with van der Waals surface area (Å²) in [6, 6.07) is 6.98. The van der Waals surface area contributed by atoms with E-state index in [1.54, 1.807) is 35.0 Å². The summed E-state index contributed by atoms with van der Waals surface area (Å²) in [5, 5.41) is 6.50. The van der Waals surface area contributed by atoms with Crippen LogP contribution in [0.4, 0.5) is 23.2 Å². The standard InChI is InChI=1S/C33H36ClF4N7O4/c1-42-25(23-4-5-26(49-33(37)38)29(36)28(23)35)17-41-27(42)18-40-21-2-3-22(24(34)14-21)32(48)45-12-10-44(11-13-45)30(46)19-6-8-43(9-7-19)31(47)20-15-39-16-20/h2-5,14,17,19-20,33,39-40H,6-13,15-16,18H2,1H3. The van der Waals surface area contributed by atoms with E-state index in [1.807, 2.05) is 4.90 Å². The van der Waals surface area contributed by atoms with Gasteiger partial charge >= 0.3 is 6.61 Å². The zero-order chi connectivity index (χ0) is 34.8. The number of amides is 3. The van der Waals surface area contributed by atoms with Gasteiger partial charge in [0.2, 0.25) is 17.6 Å². The predicted molar refractivity (Wildman–Crippen MR) is 172 cm³/mol. The van der Waals surface area contributed by atoms with E-state index >= 15 is 0 Å². The average Bonchev–Trinajstić information content (AvgIpc) is 3.44. The summed E-state index contributed by atoms with van der Waals surface area (Å²) in [6.45, 7) is 1.10. The molecule has 3 fully saturated rings. The topological polar surface area (TPSA) is 112 Å². The molecule has 6 rings (SSSR count). The first-order chi connectivity index (χ1) is 23.5. The van der Waals surface area contributed by atoms with Crippen molar-refractivity contribution < 1.29 is 36.7 Å². The van der Waals surface area contributed by atoms with Crippen LogP contribution in [0.1, 0.15) is 29.0 Å². The Morgan fingerprint density at radius 3 is 2.22 bits per heavy atom. The van der Waals surface area contributed by atoms with E-state index in [1.165, 1.54) is 10.8 Å². The van der Waals surface area contributed by atoms with Gasteiger partial charge in [0.15, 0.2) is 11.6 Å². The quantitative estimate of drug-likeness (QED) is 0.324. The van der Waals surface area contributed by atoms with Gasteiger partial charge in [-0.3, -0.25) is 14.4 Å². The summed E-state index contributed by atoms with van der Waals surface area (Å²) in [5.41, 5.74) is 0.953. The molecule has 3 aromatic rings. The highest BCUT2D eigenvalue weighted by Crippen LogP contribution is 2.31. The zero-order valence-corrected chi connectivity index (χ0v) is 27.5. The Morgan fingerprint density at radius 2 is 1.59 bits per heavy atom. The molecular weight excluding hydrogens is 670 g/mol. The fourth-order valence-corrected chi connectivity index (χ4v) is 6.65. The van der Waals surface area contributed by atoms with Crippen molar-refractivity contribution in [3.05, 3.63) is 64.6 Å². The number of likely N-dealkylation sites (tertiary alicyclic amines) is 1. The molecule has 3 aliphatic heterocycles. The zero-order valence-electron chi connectivity index (χ0n) is 26.7. The number of halogens is 5. The number of anilines is 1. The fraction of sp³-hybridized carbons (Fsp3) is 0.455. The Bertz CT molecular complexity index is 1720. The van der Waals surface area contributed by atoms with Crippen molar-refractivity contribution in [1.82, 2.24) is 29.6 Å². The first kappa shape index (κ1) is 34.5. The Kier molecular flexibility index (Phi) is 10.3. The summed E-state index contributed by atoms with van der Waals surface area (Å²) in [4.78, 5) is 48.7. The molecule has 16 heteroatoms. The first-order valence-corrected chi connectivity index (χ1v) is 16.4. The molecule has 0 aliphatic carbocycles. The number of benzene rings is 2. The van der Waals surface area contributed by atoms with Crippen molar-refractivity contribution in [1.29, 1.82) is 0 Å². The monoisotopic (exact) mass is 705 g/mol. The second-order valence-corrected chi connectivity index (χ2v) is 12.8. The first-order valence-electron chi connectivity index (χ1n) is 16.1. The summed E-state index contributed by atoms with van der Waals surface area (Å²) >= 11 is 6.53. The van der Waals surface area contributed by atoms with E-state index in [-0.39, 0.29) is 52.4 Å². The maximum absolute atomic E-state index is 14.7. The van der Waals surface area contributed by atoms with Crippen LogP contribution >= 0.6 is 11.6 Å². The van der Waals surface area contributed by atoms with Gasteiger partial charge in [0, 0.05) is 76.6 Å². The summed E-state index contributed by atoms with van der Waals surface area (Å²) < 4.78 is 59.5. The SMILES string of the molecule is Cn1c(-c2ccc(OC(F)F)c(F)c2F)cnc1CNc1ccc(C(=O)N2CCN(C(=O)C3CCN(C(=O)C4CNC4)CC3)CC2)c(Cl)c1. The number of piperazine rings is 1. The van der Waals surface area contributed by atoms with E-state index in [9.17, 15) is 31.9 Å². The second-order valence-electron chi connectivity index (χ2n) is 12.4. The molecule has 3 aliphatic rings. The number of carbonyl (C=O) groups is 3. The predicted octanol–water partition coefficient (Wildman–Crippen LogP) is 3.97. The lowest BCUT2D eigenvalue weighted by Crippen LogP contribution is -2.55. The third-order valence-corrected chi connectivity index (χ3v) is 9.75. The van der Waals surface area contributed by atoms with Crippen LogP contribution < -0.4 is 15.4 Å². The summed E-state index contributed by atoms with van der Waals surface area (Å²) in [7, 11) is 1.60. The number of nitrogens with zero attached hydrogens (tertiary/aromatic N) is 5. The number of hydrogen-bond acceptors (Lipinski definition) is 7. The number of alkyl halides is 2. The Balaban J connectivity index is 0.999. The van der Waals surface area contributed by atoms with Gasteiger partial charge in [0.25, 0.3) is 5.91 Å². The highest BCUT2D eigenvalue weighted by Gasteiger charge is 2.35. The van der Waals surface area contributed by atoms with Crippen LogP contribution in [0, 0.1) is 23.5 Å². The van der Waals surface area contributed by atoms with Crippen molar-refractivity contribution >= 4 is 35.0 Å². The molecule has 1 aromatic heterocycles. The number of nitrogens with one attached hydrogen (secondary N) is 2. The third kappa shape index (κ3) is 7.32. The van der Waals surface area contributed by atoms with Gasteiger partial charge in [0.05, 0.1) is 34.9 Å². The van der Waals surface area contributed by atoms with Crippen LogP contribution in [0.3, 0.4) is 0 Å². The minimum absolute atomic E-state index is 0.0556. The molecule has 2 N–H and O–H groups in total. The van der Waals surface area contributed by atoms with Gasteiger partial charge in [-0.05, 0) is 43.2 Å². The van der Waals surface area contributed by atoms with Crippen molar-refractivity contribution in [3.63, 3.8) is 0 Å². The smallest absolute Gasteiger partial charge is 0.387 e. The lowest BCUT2D eigenvalue weighted by molar-refractivity contribution is -0.144.